The first-order chi connectivity index (χ1) is 7.58. The Labute approximate surface area is 95.7 Å². The minimum atomic E-state index is -3.22. The van der Waals surface area contributed by atoms with E-state index in [-0.39, 0.29) is 32.8 Å². The maximum atomic E-state index is 11.8. The van der Waals surface area contributed by atoms with E-state index in [2.05, 4.69) is 4.74 Å². The van der Waals surface area contributed by atoms with Gasteiger partial charge < -0.3 is 18.5 Å². The van der Waals surface area contributed by atoms with Crippen molar-refractivity contribution in [2.75, 3.05) is 32.8 Å². The molecule has 96 valence electrons. The molecule has 0 aromatic rings. The number of rotatable bonds is 9. The summed E-state index contributed by atoms with van der Waals surface area (Å²) in [6, 6.07) is 0. The Morgan fingerprint density at radius 1 is 1.06 bits per heavy atom. The van der Waals surface area contributed by atoms with E-state index in [4.69, 9.17) is 13.8 Å². The lowest BCUT2D eigenvalue weighted by molar-refractivity contribution is -0.147. The van der Waals surface area contributed by atoms with Crippen LogP contribution in [0.3, 0.4) is 0 Å². The van der Waals surface area contributed by atoms with E-state index in [1.54, 1.807) is 20.8 Å². The van der Waals surface area contributed by atoms with Gasteiger partial charge >= 0.3 is 13.6 Å². The molecule has 0 aliphatic rings. The van der Waals surface area contributed by atoms with Crippen molar-refractivity contribution in [2.24, 2.45) is 0 Å². The molecule has 0 saturated carbocycles. The van der Waals surface area contributed by atoms with Crippen molar-refractivity contribution in [3.63, 3.8) is 0 Å². The smallest absolute Gasteiger partial charge is 0.356 e. The van der Waals surface area contributed by atoms with E-state index in [1.165, 1.54) is 0 Å². The number of hydrogen-bond donors (Lipinski definition) is 0. The summed E-state index contributed by atoms with van der Waals surface area (Å²) in [6.07, 6.45) is -0.243. The first-order valence-electron chi connectivity index (χ1n) is 5.19. The van der Waals surface area contributed by atoms with Crippen LogP contribution < -0.4 is 0 Å². The molecule has 0 radical (unpaired) electrons. The molecule has 0 bridgehead atoms. The van der Waals surface area contributed by atoms with Gasteiger partial charge in [-0.25, -0.2) is 4.79 Å². The molecule has 0 rings (SSSR count). The lowest BCUT2D eigenvalue weighted by Crippen LogP contribution is -2.14. The summed E-state index contributed by atoms with van der Waals surface area (Å²) in [6.45, 7) is 5.67. The van der Waals surface area contributed by atoms with Crippen molar-refractivity contribution in [3.05, 3.63) is 0 Å². The van der Waals surface area contributed by atoms with Gasteiger partial charge in [0, 0.05) is 0 Å². The molecule has 0 amide bonds. The van der Waals surface area contributed by atoms with E-state index in [0.717, 1.165) is 0 Å². The van der Waals surface area contributed by atoms with Gasteiger partial charge in [-0.05, 0) is 20.8 Å². The molecule has 16 heavy (non-hydrogen) atoms. The quantitative estimate of drug-likeness (QED) is 0.461. The highest BCUT2D eigenvalue weighted by atomic mass is 31.2. The fourth-order valence-corrected chi connectivity index (χ4v) is 2.27. The molecule has 0 N–H and O–H groups in total. The van der Waals surface area contributed by atoms with E-state index < -0.39 is 13.6 Å². The molecule has 0 heterocycles. The zero-order valence-corrected chi connectivity index (χ0v) is 10.8. The Bertz CT molecular complexity index is 232. The zero-order valence-electron chi connectivity index (χ0n) is 9.93. The van der Waals surface area contributed by atoms with Gasteiger partial charge in [0.2, 0.25) is 0 Å². The van der Waals surface area contributed by atoms with Crippen LogP contribution in [-0.4, -0.2) is 38.7 Å². The molecular formula is C9H19O6P. The lowest BCUT2D eigenvalue weighted by Gasteiger charge is -2.16. The molecule has 0 atom stereocenters. The lowest BCUT2D eigenvalue weighted by atomic mass is 10.7. The van der Waals surface area contributed by atoms with Gasteiger partial charge in [0.05, 0.1) is 19.8 Å². The Morgan fingerprint density at radius 2 is 1.62 bits per heavy atom. The normalized spacial score (nSPS) is 11.4. The van der Waals surface area contributed by atoms with Crippen LogP contribution in [0, 0.1) is 0 Å². The third kappa shape index (κ3) is 6.95. The molecule has 0 aliphatic heterocycles. The van der Waals surface area contributed by atoms with Gasteiger partial charge in [0.1, 0.15) is 13.0 Å². The molecule has 0 aliphatic carbocycles. The van der Waals surface area contributed by atoms with Crippen LogP contribution >= 0.6 is 7.60 Å². The van der Waals surface area contributed by atoms with Crippen LogP contribution in [0.4, 0.5) is 0 Å². The summed E-state index contributed by atoms with van der Waals surface area (Å²) in [5, 5.41) is 0. The van der Waals surface area contributed by atoms with Crippen LogP contribution in [-0.2, 0) is 27.9 Å². The van der Waals surface area contributed by atoms with E-state index >= 15 is 0 Å². The molecule has 0 fully saturated rings. The third-order valence-electron chi connectivity index (χ3n) is 1.43. The van der Waals surface area contributed by atoms with Gasteiger partial charge in [-0.3, -0.25) is 4.57 Å². The number of hydrogen-bond acceptors (Lipinski definition) is 6. The van der Waals surface area contributed by atoms with Crippen LogP contribution in [0.25, 0.3) is 0 Å². The monoisotopic (exact) mass is 254 g/mol. The Morgan fingerprint density at radius 3 is 2.06 bits per heavy atom. The van der Waals surface area contributed by atoms with Crippen LogP contribution in [0.1, 0.15) is 20.8 Å². The second kappa shape index (κ2) is 8.70. The second-order valence-electron chi connectivity index (χ2n) is 2.73. The highest BCUT2D eigenvalue weighted by Gasteiger charge is 2.24. The van der Waals surface area contributed by atoms with Crippen LogP contribution in [0.15, 0.2) is 0 Å². The first-order valence-corrected chi connectivity index (χ1v) is 6.92. The predicted octanol–water partition coefficient (Wildman–Crippen LogP) is 1.79. The van der Waals surface area contributed by atoms with E-state index in [1.807, 2.05) is 0 Å². The zero-order chi connectivity index (χ0) is 12.4. The van der Waals surface area contributed by atoms with Gasteiger partial charge in [-0.2, -0.15) is 0 Å². The van der Waals surface area contributed by atoms with E-state index in [0.29, 0.717) is 0 Å². The summed E-state index contributed by atoms with van der Waals surface area (Å²) in [4.78, 5) is 10.9. The molecule has 0 saturated heterocycles. The minimum absolute atomic E-state index is 0.243. The minimum Gasteiger partial charge on any atom is -0.464 e. The first kappa shape index (κ1) is 15.6. The van der Waals surface area contributed by atoms with Crippen molar-refractivity contribution in [2.45, 2.75) is 20.8 Å². The van der Waals surface area contributed by atoms with Crippen molar-refractivity contribution in [1.29, 1.82) is 0 Å². The average molecular weight is 254 g/mol. The summed E-state index contributed by atoms with van der Waals surface area (Å²) in [5.41, 5.74) is 0. The van der Waals surface area contributed by atoms with Gasteiger partial charge in [-0.15, -0.1) is 0 Å². The second-order valence-corrected chi connectivity index (χ2v) is 4.73. The Hall–Kier alpha value is -0.420. The summed E-state index contributed by atoms with van der Waals surface area (Å²) >= 11 is 0. The van der Waals surface area contributed by atoms with Gasteiger partial charge in [0.15, 0.2) is 0 Å². The number of ether oxygens (including phenoxy) is 2. The predicted molar refractivity (Wildman–Crippen MR) is 58.3 cm³/mol. The van der Waals surface area contributed by atoms with Gasteiger partial charge in [-0.1, -0.05) is 0 Å². The third-order valence-corrected chi connectivity index (χ3v) is 3.23. The van der Waals surface area contributed by atoms with Crippen LogP contribution in [0.5, 0.6) is 0 Å². The largest absolute Gasteiger partial charge is 0.464 e. The van der Waals surface area contributed by atoms with Crippen LogP contribution in [0.2, 0.25) is 0 Å². The van der Waals surface area contributed by atoms with E-state index in [9.17, 15) is 9.36 Å². The topological polar surface area (TPSA) is 71.1 Å². The molecule has 6 nitrogen and oxygen atoms in total. The number of esters is 1. The summed E-state index contributed by atoms with van der Waals surface area (Å²) in [7, 11) is -3.22. The average Bonchev–Trinajstić information content (AvgIpc) is 2.18. The molecule has 0 aromatic carbocycles. The van der Waals surface area contributed by atoms with Crippen molar-refractivity contribution < 1.29 is 27.9 Å². The Balaban J connectivity index is 3.93. The molecular weight excluding hydrogens is 235 g/mol. The number of carbonyl (C=O) groups excluding carboxylic acids is 1. The summed E-state index contributed by atoms with van der Waals surface area (Å²) < 4.78 is 31.3. The molecule has 0 spiro atoms. The SMILES string of the molecule is CCOC(=O)COCP(=O)(OCC)OCC. The fourth-order valence-electron chi connectivity index (χ4n) is 0.949. The van der Waals surface area contributed by atoms with Crippen molar-refractivity contribution >= 4 is 13.6 Å². The fraction of sp³-hybridized carbons (Fsp3) is 0.889. The van der Waals surface area contributed by atoms with Crippen molar-refractivity contribution in [3.8, 4) is 0 Å². The molecule has 0 aromatic heterocycles. The standard InChI is InChI=1S/C9H19O6P/c1-4-13-9(10)7-12-8-16(11,14-5-2)15-6-3/h4-8H2,1-3H3. The summed E-state index contributed by atoms with van der Waals surface area (Å²) in [5.74, 6) is -0.498. The van der Waals surface area contributed by atoms with Crippen molar-refractivity contribution in [1.82, 2.24) is 0 Å². The molecule has 7 heteroatoms. The Kier molecular flexibility index (Phi) is 8.47. The molecule has 0 unspecified atom stereocenters. The highest BCUT2D eigenvalue weighted by Crippen LogP contribution is 2.47. The number of carbonyl (C=O) groups is 1. The highest BCUT2D eigenvalue weighted by molar-refractivity contribution is 7.53. The maximum Gasteiger partial charge on any atom is 0.356 e. The maximum absolute atomic E-state index is 11.8. The van der Waals surface area contributed by atoms with Gasteiger partial charge in [0.25, 0.3) is 0 Å².